The summed E-state index contributed by atoms with van der Waals surface area (Å²) in [6.45, 7) is 0. The van der Waals surface area contributed by atoms with E-state index in [0.717, 1.165) is 16.3 Å². The molecule has 102 valence electrons. The summed E-state index contributed by atoms with van der Waals surface area (Å²) >= 11 is 7.32. The molecule has 3 rings (SSSR count). The van der Waals surface area contributed by atoms with Gasteiger partial charge in [-0.15, -0.1) is 0 Å². The summed E-state index contributed by atoms with van der Waals surface area (Å²) in [5.41, 5.74) is 1.49. The maximum absolute atomic E-state index is 12.2. The lowest BCUT2D eigenvalue weighted by Crippen LogP contribution is -2.32. The number of carbonyl (C=O) groups excluding carboxylic acids is 1. The number of amides is 2. The van der Waals surface area contributed by atoms with Crippen LogP contribution in [-0.4, -0.2) is 13.1 Å². The van der Waals surface area contributed by atoms with Crippen LogP contribution < -0.4 is 14.4 Å². The number of hydrogen-bond acceptors (Lipinski definition) is 3. The number of fused-ring (bicyclic) bond motifs is 1. The van der Waals surface area contributed by atoms with Crippen molar-refractivity contribution < 1.29 is 9.53 Å². The molecule has 2 aromatic rings. The van der Waals surface area contributed by atoms with E-state index >= 15 is 0 Å². The molecule has 0 saturated carbocycles. The first-order valence-electron chi connectivity index (χ1n) is 5.90. The molecule has 0 atom stereocenters. The molecule has 2 aromatic carbocycles. The third-order valence-electron chi connectivity index (χ3n) is 2.85. The van der Waals surface area contributed by atoms with Gasteiger partial charge in [-0.05, 0) is 42.3 Å². The molecule has 0 spiro atoms. The Hall–Kier alpha value is -1.85. The molecular formula is C14H11ClN2O2S. The first-order chi connectivity index (χ1) is 9.67. The number of benzene rings is 2. The van der Waals surface area contributed by atoms with Crippen LogP contribution in [-0.2, 0) is 0 Å². The Morgan fingerprint density at radius 3 is 2.85 bits per heavy atom. The molecule has 0 bridgehead atoms. The van der Waals surface area contributed by atoms with E-state index in [1.807, 2.05) is 24.3 Å². The number of carbonyl (C=O) groups is 1. The molecule has 1 N–H and O–H groups in total. The lowest BCUT2D eigenvalue weighted by Gasteiger charge is -2.28. The van der Waals surface area contributed by atoms with Crippen LogP contribution in [0.4, 0.5) is 16.2 Å². The van der Waals surface area contributed by atoms with E-state index in [4.69, 9.17) is 16.3 Å². The van der Waals surface area contributed by atoms with Crippen molar-refractivity contribution in [2.24, 2.45) is 0 Å². The molecule has 0 aliphatic carbocycles. The standard InChI is InChI=1S/C14H11ClN2O2S/c1-19-11-5-6-13-12(8-11)16-14(18)17(20-13)10-4-2-3-9(15)7-10/h2-8H,1H3,(H,16,18). The van der Waals surface area contributed by atoms with Crippen molar-refractivity contribution in [2.45, 2.75) is 4.90 Å². The van der Waals surface area contributed by atoms with Gasteiger partial charge >= 0.3 is 6.03 Å². The monoisotopic (exact) mass is 306 g/mol. The van der Waals surface area contributed by atoms with Crippen LogP contribution in [0, 0.1) is 0 Å². The van der Waals surface area contributed by atoms with Gasteiger partial charge in [0.25, 0.3) is 0 Å². The fraction of sp³-hybridized carbons (Fsp3) is 0.0714. The lowest BCUT2D eigenvalue weighted by molar-refractivity contribution is 0.260. The second-order valence-electron chi connectivity index (χ2n) is 4.16. The topological polar surface area (TPSA) is 41.6 Å². The number of urea groups is 1. The van der Waals surface area contributed by atoms with Gasteiger partial charge in [-0.1, -0.05) is 17.7 Å². The smallest absolute Gasteiger partial charge is 0.336 e. The highest BCUT2D eigenvalue weighted by Crippen LogP contribution is 2.40. The third-order valence-corrected chi connectivity index (χ3v) is 4.19. The molecule has 20 heavy (non-hydrogen) atoms. The van der Waals surface area contributed by atoms with Crippen molar-refractivity contribution in [3.05, 3.63) is 47.5 Å². The van der Waals surface area contributed by atoms with Crippen LogP contribution in [0.15, 0.2) is 47.4 Å². The number of nitrogens with one attached hydrogen (secondary N) is 1. The molecule has 2 amide bonds. The molecule has 1 aliphatic heterocycles. The molecule has 6 heteroatoms. The fourth-order valence-corrected chi connectivity index (χ4v) is 2.96. The van der Waals surface area contributed by atoms with E-state index < -0.39 is 0 Å². The summed E-state index contributed by atoms with van der Waals surface area (Å²) in [6.07, 6.45) is 0. The van der Waals surface area contributed by atoms with Gasteiger partial charge < -0.3 is 10.1 Å². The van der Waals surface area contributed by atoms with Crippen molar-refractivity contribution in [3.63, 3.8) is 0 Å². The van der Waals surface area contributed by atoms with Gasteiger partial charge in [-0.2, -0.15) is 0 Å². The molecule has 0 radical (unpaired) electrons. The molecule has 0 unspecified atom stereocenters. The van der Waals surface area contributed by atoms with E-state index in [1.165, 1.54) is 11.9 Å². The molecular weight excluding hydrogens is 296 g/mol. The summed E-state index contributed by atoms with van der Waals surface area (Å²) in [5.74, 6) is 0.709. The van der Waals surface area contributed by atoms with Crippen molar-refractivity contribution in [1.29, 1.82) is 0 Å². The van der Waals surface area contributed by atoms with Crippen LogP contribution in [0.2, 0.25) is 5.02 Å². The number of rotatable bonds is 2. The highest BCUT2D eigenvalue weighted by molar-refractivity contribution is 8.01. The average molecular weight is 307 g/mol. The molecule has 0 fully saturated rings. The van der Waals surface area contributed by atoms with Crippen LogP contribution in [0.1, 0.15) is 0 Å². The van der Waals surface area contributed by atoms with Crippen molar-refractivity contribution >= 4 is 41.0 Å². The van der Waals surface area contributed by atoms with E-state index in [1.54, 1.807) is 29.6 Å². The number of hydrogen-bond donors (Lipinski definition) is 1. The Morgan fingerprint density at radius 1 is 1.25 bits per heavy atom. The average Bonchev–Trinajstić information content (AvgIpc) is 2.46. The Kier molecular flexibility index (Phi) is 3.46. The van der Waals surface area contributed by atoms with Gasteiger partial charge in [-0.3, -0.25) is 0 Å². The third kappa shape index (κ3) is 2.42. The van der Waals surface area contributed by atoms with Gasteiger partial charge in [0.2, 0.25) is 0 Å². The first-order valence-corrected chi connectivity index (χ1v) is 7.05. The quantitative estimate of drug-likeness (QED) is 0.836. The number of methoxy groups -OCH3 is 1. The Bertz CT molecular complexity index is 678. The van der Waals surface area contributed by atoms with E-state index in [2.05, 4.69) is 5.32 Å². The van der Waals surface area contributed by atoms with Crippen LogP contribution in [0.3, 0.4) is 0 Å². The van der Waals surface area contributed by atoms with Gasteiger partial charge in [-0.25, -0.2) is 9.10 Å². The largest absolute Gasteiger partial charge is 0.497 e. The summed E-state index contributed by atoms with van der Waals surface area (Å²) in [7, 11) is 1.60. The summed E-state index contributed by atoms with van der Waals surface area (Å²) in [4.78, 5) is 13.1. The zero-order valence-electron chi connectivity index (χ0n) is 10.6. The van der Waals surface area contributed by atoms with Crippen molar-refractivity contribution in [3.8, 4) is 5.75 Å². The van der Waals surface area contributed by atoms with Crippen molar-refractivity contribution in [1.82, 2.24) is 0 Å². The molecule has 4 nitrogen and oxygen atoms in total. The summed E-state index contributed by atoms with van der Waals surface area (Å²) < 4.78 is 6.72. The van der Waals surface area contributed by atoms with E-state index in [0.29, 0.717) is 10.8 Å². The van der Waals surface area contributed by atoms with Gasteiger partial charge in [0.15, 0.2) is 0 Å². The molecule has 1 aliphatic rings. The molecule has 0 aromatic heterocycles. The normalized spacial score (nSPS) is 13.7. The van der Waals surface area contributed by atoms with Gasteiger partial charge in [0.05, 0.1) is 23.4 Å². The Morgan fingerprint density at radius 2 is 2.10 bits per heavy atom. The van der Waals surface area contributed by atoms with Crippen molar-refractivity contribution in [2.75, 3.05) is 16.7 Å². The van der Waals surface area contributed by atoms with Crippen LogP contribution in [0.5, 0.6) is 5.75 Å². The van der Waals surface area contributed by atoms with Crippen LogP contribution in [0.25, 0.3) is 0 Å². The second-order valence-corrected chi connectivity index (χ2v) is 5.58. The van der Waals surface area contributed by atoms with E-state index in [9.17, 15) is 4.79 Å². The predicted molar refractivity (Wildman–Crippen MR) is 81.8 cm³/mol. The number of halogens is 1. The highest BCUT2D eigenvalue weighted by Gasteiger charge is 2.25. The fourth-order valence-electron chi connectivity index (χ4n) is 1.89. The number of anilines is 2. The Labute approximate surface area is 125 Å². The second kappa shape index (κ2) is 5.26. The zero-order valence-corrected chi connectivity index (χ0v) is 12.2. The lowest BCUT2D eigenvalue weighted by atomic mass is 10.3. The maximum atomic E-state index is 12.2. The number of ether oxygens (including phenoxy) is 1. The van der Waals surface area contributed by atoms with Gasteiger partial charge in [0.1, 0.15) is 5.75 Å². The maximum Gasteiger partial charge on any atom is 0.336 e. The van der Waals surface area contributed by atoms with Gasteiger partial charge in [0, 0.05) is 11.1 Å². The molecule has 1 heterocycles. The van der Waals surface area contributed by atoms with Crippen LogP contribution >= 0.6 is 23.5 Å². The SMILES string of the molecule is COc1ccc2c(c1)NC(=O)N(c1cccc(Cl)c1)S2. The number of nitrogens with zero attached hydrogens (tertiary/aromatic N) is 1. The van der Waals surface area contributed by atoms with E-state index in [-0.39, 0.29) is 6.03 Å². The minimum Gasteiger partial charge on any atom is -0.497 e. The minimum atomic E-state index is -0.210. The predicted octanol–water partition coefficient (Wildman–Crippen LogP) is 4.41. The Balaban J connectivity index is 1.95. The molecule has 0 saturated heterocycles. The first kappa shape index (κ1) is 13.1. The minimum absolute atomic E-state index is 0.210. The zero-order chi connectivity index (χ0) is 14.1. The summed E-state index contributed by atoms with van der Waals surface area (Å²) in [5, 5.41) is 3.44. The highest BCUT2D eigenvalue weighted by atomic mass is 35.5. The summed E-state index contributed by atoms with van der Waals surface area (Å²) in [6, 6.07) is 12.5.